The predicted molar refractivity (Wildman–Crippen MR) is 135 cm³/mol. The number of nitrogens with one attached hydrogen (secondary N) is 1. The summed E-state index contributed by atoms with van der Waals surface area (Å²) in [4.78, 5) is 20.4. The second-order valence-electron chi connectivity index (χ2n) is 9.76. The van der Waals surface area contributed by atoms with Crippen molar-refractivity contribution in [2.75, 3.05) is 44.3 Å². The van der Waals surface area contributed by atoms with E-state index in [4.69, 9.17) is 4.74 Å². The highest BCUT2D eigenvalue weighted by atomic mass is 32.2. The zero-order chi connectivity index (χ0) is 24.8. The van der Waals surface area contributed by atoms with Gasteiger partial charge < -0.3 is 24.6 Å². The van der Waals surface area contributed by atoms with Crippen molar-refractivity contribution in [1.82, 2.24) is 9.88 Å². The highest BCUT2D eigenvalue weighted by molar-refractivity contribution is 7.93. The third-order valence-corrected chi connectivity index (χ3v) is 9.48. The van der Waals surface area contributed by atoms with Crippen LogP contribution in [0.2, 0.25) is 0 Å². The van der Waals surface area contributed by atoms with Crippen LogP contribution in [0.3, 0.4) is 0 Å². The van der Waals surface area contributed by atoms with Gasteiger partial charge in [-0.15, -0.1) is 0 Å². The fourth-order valence-electron chi connectivity index (χ4n) is 4.91. The number of ether oxygens (including phenoxy) is 1. The highest BCUT2D eigenvalue weighted by Crippen LogP contribution is 2.38. The summed E-state index contributed by atoms with van der Waals surface area (Å²) < 4.78 is 31.4. The number of β-amino-alcohol motifs (C(OH)–C–C–N with tert-alkyl or cyclic N) is 1. The van der Waals surface area contributed by atoms with Crippen LogP contribution in [-0.2, 0) is 19.4 Å². The first-order chi connectivity index (χ1) is 16.7. The second-order valence-corrected chi connectivity index (χ2v) is 12.3. The number of aromatic amines is 1. The summed E-state index contributed by atoms with van der Waals surface area (Å²) >= 11 is 0. The molecule has 1 aromatic heterocycles. The third-order valence-electron chi connectivity index (χ3n) is 7.09. The van der Waals surface area contributed by atoms with Crippen molar-refractivity contribution >= 4 is 32.3 Å². The van der Waals surface area contributed by atoms with Gasteiger partial charge in [-0.3, -0.25) is 4.79 Å². The maximum absolute atomic E-state index is 13.8. The standard InChI is InChI=1S/C26H31N3O5S/c1-26(2,25(31)28-11-13-34-14-12-28)35(32,33)20-7-8-24(29-10-9-19(30)17-29)21(16-20)23-15-18-5-3-4-6-22(18)27-23/h3-8,15-16,19,27,30H,9-14,17H2,1-2H3/t19-/m0/s1. The van der Waals surface area contributed by atoms with Crippen LogP contribution in [0.1, 0.15) is 20.3 Å². The number of amides is 1. The van der Waals surface area contributed by atoms with Crippen molar-refractivity contribution in [2.45, 2.75) is 36.0 Å². The molecule has 0 saturated carbocycles. The zero-order valence-electron chi connectivity index (χ0n) is 20.0. The molecule has 8 nitrogen and oxygen atoms in total. The summed E-state index contributed by atoms with van der Waals surface area (Å²) in [7, 11) is -4.01. The molecular weight excluding hydrogens is 466 g/mol. The van der Waals surface area contributed by atoms with Crippen molar-refractivity contribution in [1.29, 1.82) is 0 Å². The maximum atomic E-state index is 13.8. The lowest BCUT2D eigenvalue weighted by atomic mass is 10.1. The number of rotatable bonds is 5. The SMILES string of the molecule is CC(C)(C(=O)N1CCOCC1)S(=O)(=O)c1ccc(N2CC[C@H](O)C2)c(-c2cc3ccccc3[nH]2)c1. The average Bonchev–Trinajstić information content (AvgIpc) is 3.49. The first-order valence-electron chi connectivity index (χ1n) is 12.0. The number of aliphatic hydroxyl groups excluding tert-OH is 1. The highest BCUT2D eigenvalue weighted by Gasteiger charge is 2.45. The molecule has 0 radical (unpaired) electrons. The van der Waals surface area contributed by atoms with Gasteiger partial charge in [0, 0.05) is 54.0 Å². The van der Waals surface area contributed by atoms with Crippen molar-refractivity contribution < 1.29 is 23.1 Å². The summed E-state index contributed by atoms with van der Waals surface area (Å²) in [5.41, 5.74) is 3.32. The number of para-hydroxylation sites is 1. The van der Waals surface area contributed by atoms with E-state index < -0.39 is 26.6 Å². The van der Waals surface area contributed by atoms with Crippen LogP contribution in [0.25, 0.3) is 22.2 Å². The molecule has 2 N–H and O–H groups in total. The number of hydrogen-bond donors (Lipinski definition) is 2. The van der Waals surface area contributed by atoms with E-state index in [0.717, 1.165) is 27.8 Å². The van der Waals surface area contributed by atoms with Crippen LogP contribution in [0, 0.1) is 0 Å². The summed E-state index contributed by atoms with van der Waals surface area (Å²) in [6.45, 7) is 5.71. The van der Waals surface area contributed by atoms with Gasteiger partial charge in [-0.2, -0.15) is 0 Å². The Balaban J connectivity index is 1.59. The Hall–Kier alpha value is -2.88. The van der Waals surface area contributed by atoms with E-state index in [-0.39, 0.29) is 4.90 Å². The molecule has 2 aromatic carbocycles. The fourth-order valence-corrected chi connectivity index (χ4v) is 6.38. The Morgan fingerprint density at radius 3 is 2.51 bits per heavy atom. The van der Waals surface area contributed by atoms with E-state index in [1.165, 1.54) is 13.8 Å². The van der Waals surface area contributed by atoms with E-state index in [9.17, 15) is 18.3 Å². The largest absolute Gasteiger partial charge is 0.391 e. The number of benzene rings is 2. The Bertz CT molecular complexity index is 1330. The molecule has 0 aliphatic carbocycles. The van der Waals surface area contributed by atoms with Gasteiger partial charge in [0.05, 0.1) is 24.2 Å². The number of aromatic nitrogens is 1. The number of H-pyrrole nitrogens is 1. The summed E-state index contributed by atoms with van der Waals surface area (Å²) in [5, 5.41) is 11.1. The molecule has 2 fully saturated rings. The van der Waals surface area contributed by atoms with Crippen LogP contribution in [0.5, 0.6) is 0 Å². The lowest BCUT2D eigenvalue weighted by Crippen LogP contribution is -2.53. The van der Waals surface area contributed by atoms with Gasteiger partial charge in [0.15, 0.2) is 9.84 Å². The average molecular weight is 498 g/mol. The third kappa shape index (κ3) is 4.22. The number of sulfone groups is 1. The second kappa shape index (κ2) is 8.96. The molecule has 0 bridgehead atoms. The number of anilines is 1. The normalized spacial score (nSPS) is 19.5. The molecule has 9 heteroatoms. The molecule has 1 atom stereocenters. The van der Waals surface area contributed by atoms with Gasteiger partial charge in [0.25, 0.3) is 0 Å². The van der Waals surface area contributed by atoms with Crippen molar-refractivity contribution in [3.05, 3.63) is 48.5 Å². The molecule has 5 rings (SSSR count). The number of carbonyl (C=O) groups is 1. The van der Waals surface area contributed by atoms with Crippen LogP contribution in [0.15, 0.2) is 53.4 Å². The molecule has 2 aliphatic rings. The van der Waals surface area contributed by atoms with E-state index in [1.807, 2.05) is 30.3 Å². The van der Waals surface area contributed by atoms with Gasteiger partial charge >= 0.3 is 0 Å². The lowest BCUT2D eigenvalue weighted by Gasteiger charge is -2.34. The van der Waals surface area contributed by atoms with Gasteiger partial charge in [-0.1, -0.05) is 18.2 Å². The lowest BCUT2D eigenvalue weighted by molar-refractivity contribution is -0.137. The summed E-state index contributed by atoms with van der Waals surface area (Å²) in [6, 6.07) is 14.9. The predicted octanol–water partition coefficient (Wildman–Crippen LogP) is 2.82. The molecule has 3 heterocycles. The van der Waals surface area contributed by atoms with Gasteiger partial charge in [0.1, 0.15) is 4.75 Å². The van der Waals surface area contributed by atoms with Crippen LogP contribution >= 0.6 is 0 Å². The van der Waals surface area contributed by atoms with Crippen molar-refractivity contribution in [3.8, 4) is 11.3 Å². The molecule has 35 heavy (non-hydrogen) atoms. The number of fused-ring (bicyclic) bond motifs is 1. The number of morpholine rings is 1. The number of hydrogen-bond acceptors (Lipinski definition) is 6. The van der Waals surface area contributed by atoms with E-state index >= 15 is 0 Å². The van der Waals surface area contributed by atoms with E-state index in [1.54, 1.807) is 23.1 Å². The smallest absolute Gasteiger partial charge is 0.244 e. The molecular formula is C26H31N3O5S. The van der Waals surface area contributed by atoms with Gasteiger partial charge in [-0.25, -0.2) is 8.42 Å². The molecule has 2 saturated heterocycles. The van der Waals surface area contributed by atoms with Crippen LogP contribution in [-0.4, -0.2) is 79.6 Å². The minimum absolute atomic E-state index is 0.0984. The van der Waals surface area contributed by atoms with Gasteiger partial charge in [0.2, 0.25) is 5.91 Å². The Kier molecular flexibility index (Phi) is 6.11. The first kappa shape index (κ1) is 23.8. The molecule has 2 aliphatic heterocycles. The quantitative estimate of drug-likeness (QED) is 0.562. The zero-order valence-corrected chi connectivity index (χ0v) is 20.8. The van der Waals surface area contributed by atoms with Gasteiger partial charge in [-0.05, 0) is 50.6 Å². The molecule has 0 spiro atoms. The summed E-state index contributed by atoms with van der Waals surface area (Å²) in [6.07, 6.45) is 0.242. The van der Waals surface area contributed by atoms with Crippen LogP contribution < -0.4 is 4.90 Å². The first-order valence-corrected chi connectivity index (χ1v) is 13.4. The molecule has 186 valence electrons. The fraction of sp³-hybridized carbons (Fsp3) is 0.423. The van der Waals surface area contributed by atoms with Crippen molar-refractivity contribution in [2.24, 2.45) is 0 Å². The number of carbonyl (C=O) groups excluding carboxylic acids is 1. The topological polar surface area (TPSA) is 103 Å². The van der Waals surface area contributed by atoms with Crippen LogP contribution in [0.4, 0.5) is 5.69 Å². The number of nitrogens with zero attached hydrogens (tertiary/aromatic N) is 2. The Morgan fingerprint density at radius 2 is 1.83 bits per heavy atom. The minimum atomic E-state index is -4.01. The molecule has 1 amide bonds. The number of aliphatic hydroxyl groups is 1. The Labute approximate surface area is 205 Å². The Morgan fingerprint density at radius 1 is 1.09 bits per heavy atom. The minimum Gasteiger partial charge on any atom is -0.391 e. The molecule has 0 unspecified atom stereocenters. The molecule has 3 aromatic rings. The van der Waals surface area contributed by atoms with E-state index in [2.05, 4.69) is 9.88 Å². The monoisotopic (exact) mass is 497 g/mol. The summed E-state index contributed by atoms with van der Waals surface area (Å²) in [5.74, 6) is -0.417. The van der Waals surface area contributed by atoms with E-state index in [0.29, 0.717) is 45.8 Å². The maximum Gasteiger partial charge on any atom is 0.244 e. The van der Waals surface area contributed by atoms with Crippen molar-refractivity contribution in [3.63, 3.8) is 0 Å².